The summed E-state index contributed by atoms with van der Waals surface area (Å²) in [4.78, 5) is 23.3. The number of hydrogen-bond acceptors (Lipinski definition) is 6. The molecule has 1 saturated heterocycles. The Morgan fingerprint density at radius 3 is 2.71 bits per heavy atom. The van der Waals surface area contributed by atoms with Gasteiger partial charge in [0, 0.05) is 66.3 Å². The Labute approximate surface area is 200 Å². The maximum atomic E-state index is 13.2. The van der Waals surface area contributed by atoms with E-state index in [0.717, 1.165) is 5.57 Å². The summed E-state index contributed by atoms with van der Waals surface area (Å²) in [6.07, 6.45) is 4.86. The molecule has 0 spiro atoms. The van der Waals surface area contributed by atoms with Crippen LogP contribution in [0.2, 0.25) is 0 Å². The van der Waals surface area contributed by atoms with Gasteiger partial charge in [-0.05, 0) is 35.9 Å². The fourth-order valence-corrected chi connectivity index (χ4v) is 4.69. The average Bonchev–Trinajstić information content (AvgIpc) is 3.35. The van der Waals surface area contributed by atoms with Crippen LogP contribution in [0.1, 0.15) is 27.9 Å². The van der Waals surface area contributed by atoms with Gasteiger partial charge < -0.3 is 15.3 Å². The van der Waals surface area contributed by atoms with Gasteiger partial charge in [-0.3, -0.25) is 14.0 Å². The molecule has 0 saturated carbocycles. The van der Waals surface area contributed by atoms with Gasteiger partial charge in [0.15, 0.2) is 0 Å². The van der Waals surface area contributed by atoms with Crippen LogP contribution in [0.4, 0.5) is 10.2 Å². The second-order valence-corrected chi connectivity index (χ2v) is 9.72. The van der Waals surface area contributed by atoms with E-state index in [-0.39, 0.29) is 18.3 Å². The summed E-state index contributed by atoms with van der Waals surface area (Å²) in [5, 5.41) is 13.0. The molecule has 2 aliphatic heterocycles. The molecule has 2 aliphatic rings. The Morgan fingerprint density at radius 2 is 2.00 bits per heavy atom. The summed E-state index contributed by atoms with van der Waals surface area (Å²) in [6.45, 7) is 1.89. The van der Waals surface area contributed by atoms with Gasteiger partial charge in [-0.15, -0.1) is 0 Å². The summed E-state index contributed by atoms with van der Waals surface area (Å²) in [6, 6.07) is 7.51. The summed E-state index contributed by atoms with van der Waals surface area (Å²) < 4.78 is 25.0. The molecule has 1 amide bonds. The van der Waals surface area contributed by atoms with Crippen molar-refractivity contribution in [2.45, 2.75) is 12.5 Å². The quantitative estimate of drug-likeness (QED) is 0.614. The first-order valence-electron chi connectivity index (χ1n) is 11.0. The Hall–Kier alpha value is -3.35. The number of aliphatic hydroxyl groups is 1. The van der Waals surface area contributed by atoms with Gasteiger partial charge in [0.25, 0.3) is 5.91 Å². The molecule has 1 aromatic heterocycles. The number of hydrogen-bond donors (Lipinski definition) is 2. The lowest BCUT2D eigenvalue weighted by Gasteiger charge is -2.28. The van der Waals surface area contributed by atoms with E-state index in [1.165, 1.54) is 18.3 Å². The molecule has 2 N–H and O–H groups in total. The average molecular weight is 481 g/mol. The highest BCUT2D eigenvalue weighted by Gasteiger charge is 2.20. The van der Waals surface area contributed by atoms with Gasteiger partial charge in [0.1, 0.15) is 11.6 Å². The SMILES string of the molecule is O=C(NCC(O)CC1=CCN=C1)c1cnc(N2CCS(=O)CC2)c(C#Cc2ccc(F)cc2)c1. The van der Waals surface area contributed by atoms with Crippen LogP contribution >= 0.6 is 0 Å². The predicted octanol–water partition coefficient (Wildman–Crippen LogP) is 1.68. The molecule has 1 aromatic carbocycles. The number of pyridine rings is 1. The molecule has 176 valence electrons. The molecule has 1 atom stereocenters. The predicted molar refractivity (Wildman–Crippen MR) is 131 cm³/mol. The first-order valence-corrected chi connectivity index (χ1v) is 12.5. The first kappa shape index (κ1) is 23.8. The Bertz CT molecular complexity index is 1190. The second-order valence-electron chi connectivity index (χ2n) is 8.03. The van der Waals surface area contributed by atoms with Crippen LogP contribution in [0.25, 0.3) is 0 Å². The lowest BCUT2D eigenvalue weighted by Crippen LogP contribution is -2.38. The van der Waals surface area contributed by atoms with Crippen molar-refractivity contribution < 1.29 is 18.5 Å². The van der Waals surface area contributed by atoms with Crippen molar-refractivity contribution in [2.24, 2.45) is 4.99 Å². The highest BCUT2D eigenvalue weighted by molar-refractivity contribution is 7.85. The van der Waals surface area contributed by atoms with E-state index in [2.05, 4.69) is 27.1 Å². The van der Waals surface area contributed by atoms with Gasteiger partial charge in [-0.25, -0.2) is 9.37 Å². The zero-order valence-electron chi connectivity index (χ0n) is 18.5. The number of carbonyl (C=O) groups is 1. The minimum absolute atomic E-state index is 0.0975. The van der Waals surface area contributed by atoms with Crippen molar-refractivity contribution in [3.05, 3.63) is 70.7 Å². The van der Waals surface area contributed by atoms with Crippen LogP contribution in [-0.4, -0.2) is 70.2 Å². The number of amides is 1. The maximum absolute atomic E-state index is 13.2. The Morgan fingerprint density at radius 1 is 1.24 bits per heavy atom. The molecular formula is C25H25FN4O3S. The minimum Gasteiger partial charge on any atom is -0.391 e. The number of aromatic nitrogens is 1. The van der Waals surface area contributed by atoms with Gasteiger partial charge >= 0.3 is 0 Å². The van der Waals surface area contributed by atoms with Crippen molar-refractivity contribution in [3.63, 3.8) is 0 Å². The lowest BCUT2D eigenvalue weighted by atomic mass is 10.1. The van der Waals surface area contributed by atoms with Gasteiger partial charge in [-0.1, -0.05) is 17.9 Å². The molecule has 0 radical (unpaired) electrons. The van der Waals surface area contributed by atoms with Crippen LogP contribution in [0.3, 0.4) is 0 Å². The molecule has 1 fully saturated rings. The Balaban J connectivity index is 1.52. The molecule has 4 rings (SSSR count). The monoisotopic (exact) mass is 480 g/mol. The standard InChI is InChI=1S/C25H25FN4O3S/c26-22-5-2-18(3-6-22)1-4-20-14-21(16-28-24(20)30-9-11-34(33)12-10-30)25(32)29-17-23(31)13-19-7-8-27-15-19/h2-3,5-7,14-16,23,31H,8-13,17H2,(H,29,32). The number of rotatable bonds is 6. The van der Waals surface area contributed by atoms with E-state index in [4.69, 9.17) is 0 Å². The first-order chi connectivity index (χ1) is 16.5. The van der Waals surface area contributed by atoms with Gasteiger partial charge in [-0.2, -0.15) is 0 Å². The molecule has 9 heteroatoms. The summed E-state index contributed by atoms with van der Waals surface area (Å²) >= 11 is 0. The smallest absolute Gasteiger partial charge is 0.252 e. The molecule has 0 bridgehead atoms. The number of aliphatic hydroxyl groups excluding tert-OH is 1. The van der Waals surface area contributed by atoms with Crippen molar-refractivity contribution in [1.29, 1.82) is 0 Å². The van der Waals surface area contributed by atoms with Crippen LogP contribution in [-0.2, 0) is 10.8 Å². The van der Waals surface area contributed by atoms with Crippen molar-refractivity contribution in [3.8, 4) is 11.8 Å². The fraction of sp³-hybridized carbons (Fsp3) is 0.320. The van der Waals surface area contributed by atoms with E-state index >= 15 is 0 Å². The third-order valence-electron chi connectivity index (χ3n) is 5.48. The van der Waals surface area contributed by atoms with Crippen molar-refractivity contribution in [2.75, 3.05) is 42.6 Å². The number of nitrogens with zero attached hydrogens (tertiary/aromatic N) is 3. The number of halogens is 1. The highest BCUT2D eigenvalue weighted by Crippen LogP contribution is 2.20. The van der Waals surface area contributed by atoms with E-state index < -0.39 is 16.9 Å². The van der Waals surface area contributed by atoms with Crippen LogP contribution < -0.4 is 10.2 Å². The largest absolute Gasteiger partial charge is 0.391 e. The third-order valence-corrected chi connectivity index (χ3v) is 6.75. The minimum atomic E-state index is -0.839. The maximum Gasteiger partial charge on any atom is 0.252 e. The molecule has 2 aromatic rings. The van der Waals surface area contributed by atoms with E-state index in [1.54, 1.807) is 24.4 Å². The van der Waals surface area contributed by atoms with Crippen LogP contribution in [0.15, 0.2) is 53.2 Å². The Kier molecular flexibility index (Phi) is 7.83. The number of benzene rings is 1. The summed E-state index contributed by atoms with van der Waals surface area (Å²) in [5.74, 6) is 7.08. The van der Waals surface area contributed by atoms with Crippen molar-refractivity contribution in [1.82, 2.24) is 10.3 Å². The molecular weight excluding hydrogens is 455 g/mol. The normalized spacial score (nSPS) is 16.5. The molecule has 1 unspecified atom stereocenters. The topological polar surface area (TPSA) is 94.9 Å². The number of aliphatic imine (C=N–C) groups is 1. The third kappa shape index (κ3) is 6.37. The lowest BCUT2D eigenvalue weighted by molar-refractivity contribution is 0.0916. The molecule has 7 nitrogen and oxygen atoms in total. The van der Waals surface area contributed by atoms with E-state index in [1.807, 2.05) is 11.0 Å². The molecule has 3 heterocycles. The van der Waals surface area contributed by atoms with Gasteiger partial charge in [0.2, 0.25) is 0 Å². The highest BCUT2D eigenvalue weighted by atomic mass is 32.2. The van der Waals surface area contributed by atoms with Crippen molar-refractivity contribution >= 4 is 28.7 Å². The number of nitrogens with one attached hydrogen (secondary N) is 1. The zero-order valence-corrected chi connectivity index (χ0v) is 19.4. The van der Waals surface area contributed by atoms with E-state index in [0.29, 0.717) is 60.1 Å². The zero-order chi connectivity index (χ0) is 23.9. The summed E-state index contributed by atoms with van der Waals surface area (Å²) in [7, 11) is -0.839. The number of anilines is 1. The molecule has 34 heavy (non-hydrogen) atoms. The van der Waals surface area contributed by atoms with Crippen LogP contribution in [0, 0.1) is 17.7 Å². The van der Waals surface area contributed by atoms with E-state index in [9.17, 15) is 18.5 Å². The second kappa shape index (κ2) is 11.2. The fourth-order valence-electron chi connectivity index (χ4n) is 3.63. The van der Waals surface area contributed by atoms with Crippen LogP contribution in [0.5, 0.6) is 0 Å². The van der Waals surface area contributed by atoms with Gasteiger partial charge in [0.05, 0.1) is 23.8 Å². The molecule has 0 aliphatic carbocycles. The summed E-state index contributed by atoms with van der Waals surface area (Å²) in [5.41, 5.74) is 2.46. The number of carbonyl (C=O) groups excluding carboxylic acids is 1.